The van der Waals surface area contributed by atoms with Gasteiger partial charge in [0.1, 0.15) is 11.4 Å². The average Bonchev–Trinajstić information content (AvgIpc) is 2.15. The van der Waals surface area contributed by atoms with Crippen LogP contribution in [0.2, 0.25) is 0 Å². The molecule has 0 fully saturated rings. The number of ketones is 1. The Hall–Kier alpha value is -1.97. The fraction of sp³-hybridized carbons (Fsp3) is 0.0909. The van der Waals surface area contributed by atoms with Crippen LogP contribution in [0.4, 0.5) is 4.39 Å². The molecule has 78 valence electrons. The topological polar surface area (TPSA) is 54.4 Å². The van der Waals surface area contributed by atoms with E-state index in [0.717, 1.165) is 0 Å². The van der Waals surface area contributed by atoms with Gasteiger partial charge in [-0.2, -0.15) is 0 Å². The highest BCUT2D eigenvalue weighted by atomic mass is 19.1. The summed E-state index contributed by atoms with van der Waals surface area (Å²) in [4.78, 5) is 21.6. The number of hydrogen-bond donors (Lipinski definition) is 1. The van der Waals surface area contributed by atoms with Crippen LogP contribution in [-0.4, -0.2) is 16.9 Å². The maximum absolute atomic E-state index is 12.5. The summed E-state index contributed by atoms with van der Waals surface area (Å²) in [6, 6.07) is 5.21. The average molecular weight is 208 g/mol. The molecule has 1 aromatic rings. The quantitative estimate of drug-likeness (QED) is 0.468. The molecule has 4 heteroatoms. The van der Waals surface area contributed by atoms with Gasteiger partial charge in [0.15, 0.2) is 5.78 Å². The van der Waals surface area contributed by atoms with Crippen molar-refractivity contribution >= 4 is 17.8 Å². The molecule has 0 bridgehead atoms. The van der Waals surface area contributed by atoms with Gasteiger partial charge in [0.05, 0.1) is 0 Å². The molecule has 15 heavy (non-hydrogen) atoms. The number of carboxylic acids is 1. The van der Waals surface area contributed by atoms with Gasteiger partial charge in [0.25, 0.3) is 0 Å². The number of rotatable bonds is 3. The highest BCUT2D eigenvalue weighted by molar-refractivity contribution is 6.19. The Labute approximate surface area is 85.8 Å². The van der Waals surface area contributed by atoms with Crippen molar-refractivity contribution in [2.75, 3.05) is 0 Å². The molecule has 0 radical (unpaired) electrons. The highest BCUT2D eigenvalue weighted by Gasteiger charge is 2.12. The molecule has 0 amide bonds. The normalized spacial score (nSPS) is 11.2. The lowest BCUT2D eigenvalue weighted by molar-refractivity contribution is -0.134. The predicted molar refractivity (Wildman–Crippen MR) is 52.7 cm³/mol. The summed E-state index contributed by atoms with van der Waals surface area (Å²) in [5.74, 6) is -2.23. The number of Topliss-reactive ketones (excluding diaryl/α,β-unsaturated/α-hetero) is 1. The molecule has 0 aliphatic rings. The van der Waals surface area contributed by atoms with E-state index in [1.807, 2.05) is 0 Å². The molecule has 0 saturated carbocycles. The van der Waals surface area contributed by atoms with Gasteiger partial charge < -0.3 is 5.11 Å². The highest BCUT2D eigenvalue weighted by Crippen LogP contribution is 2.09. The molecular weight excluding hydrogens is 199 g/mol. The first kappa shape index (κ1) is 11.1. The number of halogens is 1. The van der Waals surface area contributed by atoms with Crippen molar-refractivity contribution in [1.29, 1.82) is 0 Å². The fourth-order valence-electron chi connectivity index (χ4n) is 1.04. The number of carboxylic acid groups (broad SMARTS) is 1. The first-order chi connectivity index (χ1) is 7.00. The molecule has 0 aliphatic carbocycles. The van der Waals surface area contributed by atoms with Crippen LogP contribution >= 0.6 is 0 Å². The smallest absolute Gasteiger partial charge is 0.339 e. The molecule has 1 aromatic carbocycles. The predicted octanol–water partition coefficient (Wildman–Crippen LogP) is 1.88. The standard InChI is InChI=1S/C11H9FO3/c1-7(13)10(11(14)15)6-8-2-4-9(12)5-3-8/h2-6H,1H3,(H,14,15)/b10-6+. The van der Waals surface area contributed by atoms with E-state index in [2.05, 4.69) is 0 Å². The van der Waals surface area contributed by atoms with Gasteiger partial charge in [-0.3, -0.25) is 4.79 Å². The van der Waals surface area contributed by atoms with Crippen molar-refractivity contribution in [3.05, 3.63) is 41.2 Å². The van der Waals surface area contributed by atoms with Gasteiger partial charge in [-0.1, -0.05) is 12.1 Å². The van der Waals surface area contributed by atoms with Crippen LogP contribution in [0, 0.1) is 5.82 Å². The van der Waals surface area contributed by atoms with Crippen LogP contribution in [0.1, 0.15) is 12.5 Å². The monoisotopic (exact) mass is 208 g/mol. The van der Waals surface area contributed by atoms with Crippen molar-refractivity contribution in [2.24, 2.45) is 0 Å². The molecule has 0 aromatic heterocycles. The lowest BCUT2D eigenvalue weighted by atomic mass is 10.1. The van der Waals surface area contributed by atoms with Gasteiger partial charge >= 0.3 is 5.97 Å². The first-order valence-electron chi connectivity index (χ1n) is 4.22. The Kier molecular flexibility index (Phi) is 3.33. The Morgan fingerprint density at radius 2 is 1.80 bits per heavy atom. The van der Waals surface area contributed by atoms with Gasteiger partial charge in [-0.05, 0) is 30.7 Å². The molecule has 0 unspecified atom stereocenters. The van der Waals surface area contributed by atoms with Crippen molar-refractivity contribution < 1.29 is 19.1 Å². The maximum atomic E-state index is 12.5. The number of benzene rings is 1. The van der Waals surface area contributed by atoms with Crippen molar-refractivity contribution in [1.82, 2.24) is 0 Å². The SMILES string of the molecule is CC(=O)/C(=C\c1ccc(F)cc1)C(=O)O. The van der Waals surface area contributed by atoms with E-state index in [1.165, 1.54) is 37.3 Å². The Bertz CT molecular complexity index is 402. The van der Waals surface area contributed by atoms with Crippen LogP contribution in [0.15, 0.2) is 29.8 Å². The van der Waals surface area contributed by atoms with Crippen molar-refractivity contribution in [3.63, 3.8) is 0 Å². The number of hydrogen-bond acceptors (Lipinski definition) is 2. The zero-order chi connectivity index (χ0) is 11.4. The van der Waals surface area contributed by atoms with Gasteiger partial charge in [0, 0.05) is 0 Å². The summed E-state index contributed by atoms with van der Waals surface area (Å²) in [6.07, 6.45) is 1.21. The van der Waals surface area contributed by atoms with Crippen LogP contribution in [0.5, 0.6) is 0 Å². The van der Waals surface area contributed by atoms with E-state index in [0.29, 0.717) is 5.56 Å². The second-order valence-corrected chi connectivity index (χ2v) is 2.97. The zero-order valence-corrected chi connectivity index (χ0v) is 8.03. The van der Waals surface area contributed by atoms with E-state index in [4.69, 9.17) is 5.11 Å². The zero-order valence-electron chi connectivity index (χ0n) is 8.03. The summed E-state index contributed by atoms with van der Waals surface area (Å²) in [7, 11) is 0. The molecule has 0 saturated heterocycles. The minimum Gasteiger partial charge on any atom is -0.478 e. The number of aliphatic carboxylic acids is 1. The third kappa shape index (κ3) is 3.02. The third-order valence-electron chi connectivity index (χ3n) is 1.79. The molecule has 0 spiro atoms. The summed E-state index contributed by atoms with van der Waals surface area (Å²) in [5.41, 5.74) is 0.158. The van der Waals surface area contributed by atoms with Crippen LogP contribution in [-0.2, 0) is 9.59 Å². The van der Waals surface area contributed by atoms with E-state index in [-0.39, 0.29) is 5.57 Å². The van der Waals surface area contributed by atoms with E-state index in [1.54, 1.807) is 0 Å². The summed E-state index contributed by atoms with van der Waals surface area (Å²) in [6.45, 7) is 1.17. The first-order valence-corrected chi connectivity index (χ1v) is 4.22. The molecule has 0 atom stereocenters. The Morgan fingerprint density at radius 1 is 1.27 bits per heavy atom. The van der Waals surface area contributed by atoms with Gasteiger partial charge in [0.2, 0.25) is 0 Å². The minimum absolute atomic E-state index is 0.318. The number of carbonyl (C=O) groups is 2. The summed E-state index contributed by atoms with van der Waals surface area (Å²) in [5, 5.41) is 8.70. The van der Waals surface area contributed by atoms with Crippen LogP contribution in [0.25, 0.3) is 6.08 Å². The van der Waals surface area contributed by atoms with Crippen LogP contribution in [0.3, 0.4) is 0 Å². The Morgan fingerprint density at radius 3 is 2.20 bits per heavy atom. The molecular formula is C11H9FO3. The third-order valence-corrected chi connectivity index (χ3v) is 1.79. The lowest BCUT2D eigenvalue weighted by Crippen LogP contribution is -2.08. The van der Waals surface area contributed by atoms with Crippen LogP contribution < -0.4 is 0 Å². The molecule has 0 heterocycles. The molecule has 1 rings (SSSR count). The summed E-state index contributed by atoms with van der Waals surface area (Å²) < 4.78 is 12.5. The second kappa shape index (κ2) is 4.50. The van der Waals surface area contributed by atoms with Crippen molar-refractivity contribution in [2.45, 2.75) is 6.92 Å². The Balaban J connectivity index is 3.08. The van der Waals surface area contributed by atoms with E-state index < -0.39 is 17.6 Å². The van der Waals surface area contributed by atoms with Gasteiger partial charge in [-0.25, -0.2) is 9.18 Å². The molecule has 0 aliphatic heterocycles. The van der Waals surface area contributed by atoms with Crippen molar-refractivity contribution in [3.8, 4) is 0 Å². The maximum Gasteiger partial charge on any atom is 0.339 e. The molecule has 3 nitrogen and oxygen atoms in total. The largest absolute Gasteiger partial charge is 0.478 e. The summed E-state index contributed by atoms with van der Waals surface area (Å²) >= 11 is 0. The van der Waals surface area contributed by atoms with Gasteiger partial charge in [-0.15, -0.1) is 0 Å². The minimum atomic E-state index is -1.29. The molecule has 1 N–H and O–H groups in total. The van der Waals surface area contributed by atoms with E-state index in [9.17, 15) is 14.0 Å². The lowest BCUT2D eigenvalue weighted by Gasteiger charge is -1.97. The second-order valence-electron chi connectivity index (χ2n) is 2.97. The fourth-order valence-corrected chi connectivity index (χ4v) is 1.04. The number of carbonyl (C=O) groups excluding carboxylic acids is 1. The van der Waals surface area contributed by atoms with E-state index >= 15 is 0 Å².